The first-order valence-corrected chi connectivity index (χ1v) is 10.0. The summed E-state index contributed by atoms with van der Waals surface area (Å²) in [6.45, 7) is 6.92. The molecule has 4 rings (SSSR count). The van der Waals surface area contributed by atoms with Gasteiger partial charge < -0.3 is 24.4 Å². The average molecular weight is 398 g/mol. The van der Waals surface area contributed by atoms with Crippen LogP contribution in [0.5, 0.6) is 0 Å². The quantitative estimate of drug-likeness (QED) is 0.769. The van der Waals surface area contributed by atoms with E-state index < -0.39 is 5.79 Å². The summed E-state index contributed by atoms with van der Waals surface area (Å²) in [6.07, 6.45) is 1.62. The van der Waals surface area contributed by atoms with Crippen LogP contribution < -0.4 is 10.2 Å². The number of hydrogen-bond acceptors (Lipinski definition) is 8. The van der Waals surface area contributed by atoms with Crippen molar-refractivity contribution in [2.45, 2.75) is 32.5 Å². The first-order chi connectivity index (χ1) is 14.1. The molecule has 1 spiro atoms. The lowest BCUT2D eigenvalue weighted by atomic mass is 10.0. The second-order valence-electron chi connectivity index (χ2n) is 7.14. The molecule has 1 aromatic carbocycles. The second-order valence-corrected chi connectivity index (χ2v) is 7.14. The molecule has 3 heterocycles. The van der Waals surface area contributed by atoms with Gasteiger partial charge in [-0.25, -0.2) is 14.8 Å². The van der Waals surface area contributed by atoms with Crippen LogP contribution in [0.4, 0.5) is 17.3 Å². The van der Waals surface area contributed by atoms with Gasteiger partial charge in [0, 0.05) is 32.0 Å². The summed E-state index contributed by atoms with van der Waals surface area (Å²) in [5, 5.41) is 3.25. The molecule has 2 fully saturated rings. The van der Waals surface area contributed by atoms with Crippen molar-refractivity contribution in [2.24, 2.45) is 0 Å². The molecule has 0 saturated carbocycles. The monoisotopic (exact) mass is 398 g/mol. The van der Waals surface area contributed by atoms with Gasteiger partial charge in [0.1, 0.15) is 17.5 Å². The Morgan fingerprint density at radius 3 is 2.66 bits per heavy atom. The molecule has 29 heavy (non-hydrogen) atoms. The molecule has 0 bridgehead atoms. The fourth-order valence-corrected chi connectivity index (χ4v) is 3.76. The Hall–Kier alpha value is -2.71. The highest BCUT2D eigenvalue weighted by atomic mass is 16.7. The third-order valence-electron chi connectivity index (χ3n) is 5.17. The molecule has 1 aromatic heterocycles. The number of nitrogens with zero attached hydrogens (tertiary/aromatic N) is 3. The van der Waals surface area contributed by atoms with E-state index in [0.717, 1.165) is 31.7 Å². The van der Waals surface area contributed by atoms with Crippen molar-refractivity contribution >= 4 is 23.3 Å². The molecule has 0 amide bonds. The average Bonchev–Trinajstić information content (AvgIpc) is 3.16. The Morgan fingerprint density at radius 2 is 1.93 bits per heavy atom. The van der Waals surface area contributed by atoms with E-state index >= 15 is 0 Å². The maximum Gasteiger partial charge on any atom is 0.340 e. The summed E-state index contributed by atoms with van der Waals surface area (Å²) in [5.41, 5.74) is 1.13. The van der Waals surface area contributed by atoms with Gasteiger partial charge >= 0.3 is 5.97 Å². The van der Waals surface area contributed by atoms with E-state index in [0.29, 0.717) is 42.7 Å². The van der Waals surface area contributed by atoms with Crippen molar-refractivity contribution in [1.82, 2.24) is 9.97 Å². The zero-order valence-corrected chi connectivity index (χ0v) is 16.8. The van der Waals surface area contributed by atoms with Crippen molar-refractivity contribution in [2.75, 3.05) is 43.1 Å². The van der Waals surface area contributed by atoms with Crippen LogP contribution >= 0.6 is 0 Å². The van der Waals surface area contributed by atoms with Gasteiger partial charge in [-0.3, -0.25) is 0 Å². The molecule has 0 atom stereocenters. The van der Waals surface area contributed by atoms with E-state index in [-0.39, 0.29) is 5.97 Å². The van der Waals surface area contributed by atoms with E-state index in [2.05, 4.69) is 20.2 Å². The molecule has 8 nitrogen and oxygen atoms in total. The maximum absolute atomic E-state index is 12.2. The van der Waals surface area contributed by atoms with Crippen LogP contribution in [0.15, 0.2) is 30.3 Å². The highest BCUT2D eigenvalue weighted by Crippen LogP contribution is 2.33. The highest BCUT2D eigenvalue weighted by Gasteiger charge is 2.40. The van der Waals surface area contributed by atoms with E-state index in [4.69, 9.17) is 14.2 Å². The highest BCUT2D eigenvalue weighted by molar-refractivity contribution is 5.96. The topological polar surface area (TPSA) is 85.8 Å². The summed E-state index contributed by atoms with van der Waals surface area (Å²) in [6, 6.07) is 9.16. The molecule has 2 aliphatic rings. The van der Waals surface area contributed by atoms with E-state index in [1.165, 1.54) is 0 Å². The molecular weight excluding hydrogens is 372 g/mol. The van der Waals surface area contributed by atoms with Crippen LogP contribution in [0.25, 0.3) is 0 Å². The Kier molecular flexibility index (Phi) is 5.64. The Bertz CT molecular complexity index is 873. The molecule has 0 unspecified atom stereocenters. The number of nitrogens with one attached hydrogen (secondary N) is 1. The van der Waals surface area contributed by atoms with Crippen LogP contribution in [0.2, 0.25) is 0 Å². The molecule has 2 saturated heterocycles. The van der Waals surface area contributed by atoms with Crippen molar-refractivity contribution in [3.05, 3.63) is 41.7 Å². The largest absolute Gasteiger partial charge is 0.462 e. The summed E-state index contributed by atoms with van der Waals surface area (Å²) >= 11 is 0. The van der Waals surface area contributed by atoms with Crippen LogP contribution in [-0.4, -0.2) is 54.6 Å². The van der Waals surface area contributed by atoms with Crippen LogP contribution in [0.3, 0.4) is 0 Å². The van der Waals surface area contributed by atoms with Crippen LogP contribution in [-0.2, 0) is 14.2 Å². The Balaban J connectivity index is 1.52. The summed E-state index contributed by atoms with van der Waals surface area (Å²) in [7, 11) is 0. The number of esters is 1. The molecular formula is C21H26N4O4. The third-order valence-corrected chi connectivity index (χ3v) is 5.17. The lowest BCUT2D eigenvalue weighted by molar-refractivity contribution is -0.169. The SMILES string of the molecule is CCOC(=O)c1ccccc1Nc1cc(N2CCC3(CC2)OCCO3)nc(C)n1. The van der Waals surface area contributed by atoms with Gasteiger partial charge in [0.15, 0.2) is 5.79 Å². The fraction of sp³-hybridized carbons (Fsp3) is 0.476. The van der Waals surface area contributed by atoms with Gasteiger partial charge in [0.2, 0.25) is 0 Å². The van der Waals surface area contributed by atoms with Crippen molar-refractivity contribution in [3.63, 3.8) is 0 Å². The van der Waals surface area contributed by atoms with E-state index in [9.17, 15) is 4.79 Å². The number of benzene rings is 1. The minimum atomic E-state index is -0.418. The molecule has 154 valence electrons. The molecule has 0 radical (unpaired) electrons. The molecule has 1 N–H and O–H groups in total. The van der Waals surface area contributed by atoms with Gasteiger partial charge in [0.25, 0.3) is 0 Å². The Morgan fingerprint density at radius 1 is 1.21 bits per heavy atom. The molecule has 2 aliphatic heterocycles. The van der Waals surface area contributed by atoms with Gasteiger partial charge in [0.05, 0.1) is 31.1 Å². The van der Waals surface area contributed by atoms with Gasteiger partial charge in [-0.05, 0) is 26.0 Å². The zero-order chi connectivity index (χ0) is 20.3. The molecule has 0 aliphatic carbocycles. The van der Waals surface area contributed by atoms with E-state index in [1.54, 1.807) is 13.0 Å². The lowest BCUT2D eigenvalue weighted by Gasteiger charge is -2.38. The van der Waals surface area contributed by atoms with Crippen molar-refractivity contribution in [1.29, 1.82) is 0 Å². The van der Waals surface area contributed by atoms with Gasteiger partial charge in [-0.15, -0.1) is 0 Å². The maximum atomic E-state index is 12.2. The smallest absolute Gasteiger partial charge is 0.340 e. The Labute approximate surface area is 170 Å². The van der Waals surface area contributed by atoms with Crippen LogP contribution in [0, 0.1) is 6.92 Å². The first-order valence-electron chi connectivity index (χ1n) is 10.0. The van der Waals surface area contributed by atoms with Crippen molar-refractivity contribution < 1.29 is 19.0 Å². The standard InChI is InChI=1S/C21H26N4O4/c1-3-27-20(26)16-6-4-5-7-17(16)24-18-14-19(23-15(2)22-18)25-10-8-21(9-11-25)28-12-13-29-21/h4-7,14H,3,8-13H2,1-2H3,(H,22,23,24). The summed E-state index contributed by atoms with van der Waals surface area (Å²) < 4.78 is 16.8. The van der Waals surface area contributed by atoms with Gasteiger partial charge in [-0.2, -0.15) is 0 Å². The lowest BCUT2D eigenvalue weighted by Crippen LogP contribution is -2.45. The minimum absolute atomic E-state index is 0.327. The number of carbonyl (C=O) groups is 1. The summed E-state index contributed by atoms with van der Waals surface area (Å²) in [4.78, 5) is 23.5. The number of anilines is 3. The van der Waals surface area contributed by atoms with Crippen molar-refractivity contribution in [3.8, 4) is 0 Å². The number of hydrogen-bond donors (Lipinski definition) is 1. The number of aromatic nitrogens is 2. The number of ether oxygens (including phenoxy) is 3. The predicted molar refractivity (Wildman–Crippen MR) is 109 cm³/mol. The van der Waals surface area contributed by atoms with Gasteiger partial charge in [-0.1, -0.05) is 12.1 Å². The molecule has 8 heteroatoms. The minimum Gasteiger partial charge on any atom is -0.462 e. The number of carbonyl (C=O) groups excluding carboxylic acids is 1. The molecule has 2 aromatic rings. The number of piperidine rings is 1. The fourth-order valence-electron chi connectivity index (χ4n) is 3.76. The summed E-state index contributed by atoms with van der Waals surface area (Å²) in [5.74, 6) is 1.37. The van der Waals surface area contributed by atoms with Crippen LogP contribution in [0.1, 0.15) is 35.9 Å². The third kappa shape index (κ3) is 4.33. The number of para-hydroxylation sites is 1. The predicted octanol–water partition coefficient (Wildman–Crippen LogP) is 3.05. The number of aryl methyl sites for hydroxylation is 1. The first kappa shape index (κ1) is 19.6. The second kappa shape index (κ2) is 8.34. The normalized spacial score (nSPS) is 18.1. The zero-order valence-electron chi connectivity index (χ0n) is 16.8. The number of rotatable bonds is 5. The van der Waals surface area contributed by atoms with E-state index in [1.807, 2.05) is 31.2 Å².